The quantitative estimate of drug-likeness (QED) is 0.0970. The van der Waals surface area contributed by atoms with Crippen molar-refractivity contribution in [2.24, 2.45) is 5.41 Å². The smallest absolute Gasteiger partial charge is 0.411 e. The number of carbonyl (C=O) groups is 1. The van der Waals surface area contributed by atoms with Gasteiger partial charge in [-0.1, -0.05) is 11.6 Å². The number of rotatable bonds is 15. The maximum Gasteiger partial charge on any atom is 0.411 e. The molecule has 0 spiro atoms. The molecule has 392 valence electrons. The van der Waals surface area contributed by atoms with Gasteiger partial charge in [0.05, 0.1) is 63.8 Å². The highest BCUT2D eigenvalue weighted by atomic mass is 35.5. The van der Waals surface area contributed by atoms with E-state index in [-0.39, 0.29) is 63.2 Å². The molecule has 0 unspecified atom stereocenters. The van der Waals surface area contributed by atoms with Gasteiger partial charge >= 0.3 is 6.09 Å². The van der Waals surface area contributed by atoms with Crippen molar-refractivity contribution < 1.29 is 46.4 Å². The zero-order valence-corrected chi connectivity index (χ0v) is 44.0. The first kappa shape index (κ1) is 51.2. The molecule has 2 aromatic heterocycles. The van der Waals surface area contributed by atoms with Crippen molar-refractivity contribution in [2.75, 3.05) is 84.2 Å². The van der Waals surface area contributed by atoms with Gasteiger partial charge in [-0.25, -0.2) is 32.9 Å². The first-order chi connectivity index (χ1) is 35.4. The molecule has 10 rings (SSSR count). The van der Waals surface area contributed by atoms with E-state index in [4.69, 9.17) is 55.0 Å². The molecule has 4 fully saturated rings. The molecule has 1 amide bonds. The molecule has 0 N–H and O–H groups in total. The number of carbonyl (C=O) groups excluding carboxylic acids is 1. The lowest BCUT2D eigenvalue weighted by molar-refractivity contribution is -0.00281. The van der Waals surface area contributed by atoms with Gasteiger partial charge in [0.1, 0.15) is 63.2 Å². The Labute approximate surface area is 434 Å². The Kier molecular flexibility index (Phi) is 13.9. The molecule has 74 heavy (non-hydrogen) atoms. The third kappa shape index (κ3) is 10.0. The second-order valence-electron chi connectivity index (χ2n) is 21.4. The van der Waals surface area contributed by atoms with Crippen molar-refractivity contribution in [3.8, 4) is 34.1 Å². The minimum absolute atomic E-state index is 0.0425. The molecule has 5 heterocycles. The normalized spacial score (nSPS) is 19.5. The van der Waals surface area contributed by atoms with Crippen LogP contribution >= 0.6 is 11.6 Å². The summed E-state index contributed by atoms with van der Waals surface area (Å²) in [5, 5.41) is 0.154. The van der Waals surface area contributed by atoms with Crippen molar-refractivity contribution in [2.45, 2.75) is 90.1 Å². The van der Waals surface area contributed by atoms with E-state index in [2.05, 4.69) is 9.80 Å². The van der Waals surface area contributed by atoms with Gasteiger partial charge in [-0.05, 0) is 101 Å². The molecule has 2 atom stereocenters. The largest absolute Gasteiger partial charge is 0.497 e. The summed E-state index contributed by atoms with van der Waals surface area (Å²) < 4.78 is 85.4. The predicted molar refractivity (Wildman–Crippen MR) is 278 cm³/mol. The van der Waals surface area contributed by atoms with Crippen LogP contribution in [0, 0.1) is 22.9 Å². The summed E-state index contributed by atoms with van der Waals surface area (Å²) in [6.45, 7) is 12.6. The highest BCUT2D eigenvalue weighted by Gasteiger charge is 2.53. The molecule has 4 aliphatic rings. The molecule has 3 saturated heterocycles. The van der Waals surface area contributed by atoms with Crippen molar-refractivity contribution >= 4 is 51.1 Å². The topological polar surface area (TPSA) is 124 Å². The molecular weight excluding hydrogens is 975 g/mol. The number of ether oxygens (including phenoxy) is 6. The number of nitrogens with zero attached hydrogens (tertiary/aromatic N) is 7. The highest BCUT2D eigenvalue weighted by molar-refractivity contribution is 6.35. The molecule has 1 aliphatic carbocycles. The van der Waals surface area contributed by atoms with Gasteiger partial charge in [0.2, 0.25) is 0 Å². The van der Waals surface area contributed by atoms with E-state index in [1.807, 2.05) is 61.8 Å². The number of anilines is 2. The number of hydrogen-bond donors (Lipinski definition) is 0. The van der Waals surface area contributed by atoms with Crippen LogP contribution in [0.5, 0.6) is 23.0 Å². The van der Waals surface area contributed by atoms with Gasteiger partial charge in [-0.3, -0.25) is 9.80 Å². The molecule has 0 radical (unpaired) electrons. The lowest BCUT2D eigenvalue weighted by atomic mass is 9.96. The van der Waals surface area contributed by atoms with Crippen LogP contribution in [0.3, 0.4) is 0 Å². The van der Waals surface area contributed by atoms with Crippen LogP contribution in [-0.4, -0.2) is 122 Å². The van der Waals surface area contributed by atoms with Crippen molar-refractivity contribution in [1.29, 1.82) is 0 Å². The van der Waals surface area contributed by atoms with Gasteiger partial charge in [0.25, 0.3) is 0 Å². The van der Waals surface area contributed by atoms with Crippen molar-refractivity contribution in [1.82, 2.24) is 24.8 Å². The summed E-state index contributed by atoms with van der Waals surface area (Å²) in [6, 6.07) is 16.2. The first-order valence-electron chi connectivity index (χ1n) is 25.1. The standard InChI is InChI=1S/C56H63ClF3N7O7/c1-54(2,3)74-53(68)67-35-15-16-55(67,4)31-66(30-35)52-39-25-40(57)47(49(60)51(39)61-45(62-52)27-56(17-18-56)32-64-19-21-73-22-20-64)48-42(59)26-41(58)38-13-14-46(63-50(38)48)65(28-33-9-11-36(69-5)23-43(33)71-7)29-34-10-12-37(70-6)24-44(34)72-8/h9-14,23-26,35H,15-22,27-32H2,1-8H3/t35-,55+/m1/s1. The lowest BCUT2D eigenvalue weighted by Gasteiger charge is -2.47. The van der Waals surface area contributed by atoms with Crippen molar-refractivity contribution in [3.63, 3.8) is 0 Å². The number of halogens is 4. The summed E-state index contributed by atoms with van der Waals surface area (Å²) in [5.41, 5.74) is -0.728. The zero-order valence-electron chi connectivity index (χ0n) is 43.3. The van der Waals surface area contributed by atoms with Gasteiger partial charge in [-0.15, -0.1) is 0 Å². The maximum absolute atomic E-state index is 18.2. The van der Waals surface area contributed by atoms with E-state index >= 15 is 13.2 Å². The Bertz CT molecular complexity index is 3070. The van der Waals surface area contributed by atoms with Gasteiger partial charge in [-0.2, -0.15) is 0 Å². The number of fused-ring (bicyclic) bond motifs is 4. The van der Waals surface area contributed by atoms with E-state index in [0.717, 1.165) is 62.5 Å². The summed E-state index contributed by atoms with van der Waals surface area (Å²) in [5.74, 6) is 0.676. The molecule has 3 aliphatic heterocycles. The Morgan fingerprint density at radius 3 is 2.05 bits per heavy atom. The van der Waals surface area contributed by atoms with Crippen LogP contribution in [0.4, 0.5) is 29.6 Å². The minimum Gasteiger partial charge on any atom is -0.497 e. The number of benzene rings is 4. The predicted octanol–water partition coefficient (Wildman–Crippen LogP) is 10.8. The lowest BCUT2D eigenvalue weighted by Crippen LogP contribution is -2.63. The average molecular weight is 1040 g/mol. The summed E-state index contributed by atoms with van der Waals surface area (Å²) in [4.78, 5) is 37.2. The molecule has 2 bridgehead atoms. The number of aromatic nitrogens is 3. The SMILES string of the molecule is COc1ccc(CN(Cc2ccc(OC)cc2OC)c2ccc3c(F)cc(F)c(-c4c(Cl)cc5c(N6C[C@H]7CC[C@@](C)(C6)N7C(=O)OC(C)(C)C)nc(CC6(CN7CCOCC7)CC6)nc5c4F)c3n2)c(OC)c1. The average Bonchev–Trinajstić information content (AvgIpc) is 4.10. The Morgan fingerprint density at radius 2 is 1.46 bits per heavy atom. The van der Waals surface area contributed by atoms with Crippen LogP contribution in [0.15, 0.2) is 60.7 Å². The molecule has 18 heteroatoms. The first-order valence-corrected chi connectivity index (χ1v) is 25.5. The summed E-state index contributed by atoms with van der Waals surface area (Å²) >= 11 is 7.24. The number of pyridine rings is 1. The van der Waals surface area contributed by atoms with Gasteiger partial charge in [0, 0.05) is 103 Å². The number of hydrogen-bond acceptors (Lipinski definition) is 13. The second-order valence-corrected chi connectivity index (χ2v) is 21.8. The molecular formula is C56H63ClF3N7O7. The maximum atomic E-state index is 18.2. The molecule has 14 nitrogen and oxygen atoms in total. The fourth-order valence-electron chi connectivity index (χ4n) is 11.2. The van der Waals surface area contributed by atoms with Gasteiger partial charge in [0.15, 0.2) is 5.82 Å². The number of methoxy groups -OCH3 is 4. The third-order valence-electron chi connectivity index (χ3n) is 15.0. The Balaban J connectivity index is 1.11. The monoisotopic (exact) mass is 1040 g/mol. The van der Waals surface area contributed by atoms with E-state index in [0.29, 0.717) is 78.6 Å². The third-order valence-corrected chi connectivity index (χ3v) is 15.3. The van der Waals surface area contributed by atoms with Crippen LogP contribution in [-0.2, 0) is 29.0 Å². The van der Waals surface area contributed by atoms with Crippen LogP contribution < -0.4 is 28.7 Å². The second kappa shape index (κ2) is 20.1. The van der Waals surface area contributed by atoms with E-state index < -0.39 is 28.6 Å². The number of morpholine rings is 1. The van der Waals surface area contributed by atoms with E-state index in [1.165, 1.54) is 6.07 Å². The summed E-state index contributed by atoms with van der Waals surface area (Å²) in [7, 11) is 6.26. The van der Waals surface area contributed by atoms with Crippen LogP contribution in [0.25, 0.3) is 32.9 Å². The van der Waals surface area contributed by atoms with E-state index in [9.17, 15) is 4.79 Å². The molecule has 4 aromatic carbocycles. The fraction of sp³-hybridized carbons (Fsp3) is 0.464. The Morgan fingerprint density at radius 1 is 0.797 bits per heavy atom. The molecule has 6 aromatic rings. The highest BCUT2D eigenvalue weighted by Crippen LogP contribution is 2.50. The summed E-state index contributed by atoms with van der Waals surface area (Å²) in [6.07, 6.45) is 3.50. The van der Waals surface area contributed by atoms with Crippen molar-refractivity contribution in [3.05, 3.63) is 100 Å². The molecule has 1 saturated carbocycles. The number of amides is 1. The fourth-order valence-corrected chi connectivity index (χ4v) is 11.5. The van der Waals surface area contributed by atoms with Gasteiger partial charge < -0.3 is 38.2 Å². The van der Waals surface area contributed by atoms with Crippen LogP contribution in [0.2, 0.25) is 5.02 Å². The van der Waals surface area contributed by atoms with Crippen LogP contribution in [0.1, 0.15) is 70.3 Å². The number of piperazine rings is 1. The minimum atomic E-state index is -1.06. The zero-order chi connectivity index (χ0) is 52.3. The van der Waals surface area contributed by atoms with E-state index in [1.54, 1.807) is 52.7 Å². The Hall–Kier alpha value is -6.30.